The molecular formula is C26H34N4O3. The van der Waals surface area contributed by atoms with Gasteiger partial charge in [-0.1, -0.05) is 18.2 Å². The van der Waals surface area contributed by atoms with E-state index in [-0.39, 0.29) is 26.7 Å². The van der Waals surface area contributed by atoms with Gasteiger partial charge in [0.15, 0.2) is 5.82 Å². The van der Waals surface area contributed by atoms with Crippen LogP contribution >= 0.6 is 0 Å². The molecule has 0 spiro atoms. The Morgan fingerprint density at radius 1 is 1.15 bits per heavy atom. The lowest BCUT2D eigenvalue weighted by atomic mass is 10.0. The summed E-state index contributed by atoms with van der Waals surface area (Å²) in [6.07, 6.45) is 3.17. The lowest BCUT2D eigenvalue weighted by Gasteiger charge is -2.34. The number of carbonyl (C=O) groups excluding carboxylic acids is 1. The van der Waals surface area contributed by atoms with Crippen molar-refractivity contribution in [3.63, 3.8) is 0 Å². The maximum atomic E-state index is 12.4. The summed E-state index contributed by atoms with van der Waals surface area (Å²) in [4.78, 5) is 24.5. The number of fused-ring (bicyclic) bond motifs is 1. The Bertz CT molecular complexity index is 1170. The van der Waals surface area contributed by atoms with Crippen molar-refractivity contribution in [2.24, 2.45) is 0 Å². The van der Waals surface area contributed by atoms with Crippen molar-refractivity contribution < 1.29 is 17.5 Å². The number of piperidine rings is 1. The molecule has 0 saturated carbocycles. The van der Waals surface area contributed by atoms with E-state index in [9.17, 15) is 9.90 Å². The number of ether oxygens (including phenoxy) is 1. The van der Waals surface area contributed by atoms with Crippen LogP contribution < -0.4 is 10.2 Å². The molecule has 0 aliphatic carbocycles. The molecular weight excluding hydrogens is 416 g/mol. The number of hydrogen-bond donors (Lipinski definition) is 2. The van der Waals surface area contributed by atoms with E-state index in [1.165, 1.54) is 0 Å². The molecule has 2 aromatic carbocycles. The number of carbonyl (C=O) groups is 1. The summed E-state index contributed by atoms with van der Waals surface area (Å²) in [5.74, 6) is 1.61. The first-order valence-electron chi connectivity index (χ1n) is 11.7. The zero-order chi connectivity index (χ0) is 22.9. The molecule has 33 heavy (non-hydrogen) atoms. The lowest BCUT2D eigenvalue weighted by Crippen LogP contribution is -2.47. The van der Waals surface area contributed by atoms with Crippen LogP contribution in [-0.4, -0.2) is 52.8 Å². The number of aromatic hydroxyl groups is 1. The zero-order valence-corrected chi connectivity index (χ0v) is 19.2. The van der Waals surface area contributed by atoms with Gasteiger partial charge in [-0.15, -0.1) is 0 Å². The number of aryl methyl sites for hydroxylation is 2. The third kappa shape index (κ3) is 4.37. The molecule has 0 unspecified atom stereocenters. The van der Waals surface area contributed by atoms with Gasteiger partial charge in [0.05, 0.1) is 11.1 Å². The summed E-state index contributed by atoms with van der Waals surface area (Å²) < 4.78 is 5.52. The van der Waals surface area contributed by atoms with Gasteiger partial charge < -0.3 is 20.1 Å². The topological polar surface area (TPSA) is 87.6 Å². The van der Waals surface area contributed by atoms with E-state index >= 15 is 0 Å². The van der Waals surface area contributed by atoms with E-state index in [1.807, 2.05) is 26.0 Å². The number of benzene rings is 2. The minimum absolute atomic E-state index is 0. The van der Waals surface area contributed by atoms with Crippen molar-refractivity contribution in [3.8, 4) is 17.1 Å². The Morgan fingerprint density at radius 3 is 2.70 bits per heavy atom. The Hall–Kier alpha value is -3.19. The van der Waals surface area contributed by atoms with Crippen molar-refractivity contribution in [2.45, 2.75) is 51.7 Å². The molecule has 1 amide bonds. The van der Waals surface area contributed by atoms with E-state index in [4.69, 9.17) is 14.7 Å². The third-order valence-corrected chi connectivity index (χ3v) is 6.67. The number of nitrogens with one attached hydrogen (secondary N) is 1. The highest BCUT2D eigenvalue weighted by Crippen LogP contribution is 2.34. The monoisotopic (exact) mass is 450 g/mol. The first-order chi connectivity index (χ1) is 16.0. The molecule has 1 atom stereocenters. The second kappa shape index (κ2) is 8.98. The summed E-state index contributed by atoms with van der Waals surface area (Å²) in [7, 11) is 0. The third-order valence-electron chi connectivity index (χ3n) is 6.67. The number of phenols is 1. The van der Waals surface area contributed by atoms with Crippen molar-refractivity contribution in [2.75, 3.05) is 24.6 Å². The molecule has 3 heterocycles. The first-order valence-corrected chi connectivity index (χ1v) is 11.7. The highest BCUT2D eigenvalue weighted by Gasteiger charge is 2.28. The normalized spacial score (nSPS) is 19.2. The maximum Gasteiger partial charge on any atom is 0.249 e. The van der Waals surface area contributed by atoms with E-state index in [1.54, 1.807) is 6.07 Å². The number of anilines is 1. The number of phenolic OH excluding ortho intramolecular Hbond substituents is 1. The van der Waals surface area contributed by atoms with E-state index in [0.29, 0.717) is 18.0 Å². The molecule has 2 aliphatic rings. The van der Waals surface area contributed by atoms with Gasteiger partial charge in [0, 0.05) is 34.0 Å². The van der Waals surface area contributed by atoms with Crippen LogP contribution in [-0.2, 0) is 9.53 Å². The van der Waals surface area contributed by atoms with Gasteiger partial charge in [-0.25, -0.2) is 9.97 Å². The molecule has 5 rings (SSSR count). The number of hydrogen-bond acceptors (Lipinski definition) is 6. The average Bonchev–Trinajstić information content (AvgIpc) is 3.34. The second-order valence-corrected chi connectivity index (χ2v) is 9.13. The Kier molecular flexibility index (Phi) is 5.89. The van der Waals surface area contributed by atoms with E-state index < -0.39 is 0 Å². The smallest absolute Gasteiger partial charge is 0.249 e. The SMILES string of the molecule is Cc1ccc2c(N3CCC(NC(=O)[C@H]4CCCO4)CC3)nc(-c3c(C)cccc3O)nc2c1.[HH].[HH]. The van der Waals surface area contributed by atoms with E-state index in [2.05, 4.69) is 28.4 Å². The van der Waals surface area contributed by atoms with Gasteiger partial charge in [0.2, 0.25) is 5.91 Å². The molecule has 3 aromatic rings. The molecule has 2 saturated heterocycles. The Labute approximate surface area is 196 Å². The Morgan fingerprint density at radius 2 is 1.97 bits per heavy atom. The fraction of sp³-hybridized carbons (Fsp3) is 0.423. The minimum Gasteiger partial charge on any atom is -0.507 e. The second-order valence-electron chi connectivity index (χ2n) is 9.13. The molecule has 2 fully saturated rings. The van der Waals surface area contributed by atoms with Crippen LogP contribution in [0.15, 0.2) is 36.4 Å². The standard InChI is InChI=1S/C26H30N4O3.2H2/c1-16-8-9-19-20(15-16)28-24(23-17(2)5-3-6-21(23)31)29-25(19)30-12-10-18(11-13-30)27-26(32)22-7-4-14-33-22;;/h3,5-6,8-9,15,18,22,31H,4,7,10-14H2,1-2H3,(H,27,32);2*1H/t22-;;/m1../s1. The molecule has 2 N–H and O–H groups in total. The van der Waals surface area contributed by atoms with Gasteiger partial charge in [0.1, 0.15) is 17.7 Å². The largest absolute Gasteiger partial charge is 0.507 e. The van der Waals surface area contributed by atoms with Crippen molar-refractivity contribution >= 4 is 22.6 Å². The highest BCUT2D eigenvalue weighted by atomic mass is 16.5. The molecule has 0 bridgehead atoms. The van der Waals surface area contributed by atoms with Crippen LogP contribution in [0.25, 0.3) is 22.3 Å². The average molecular weight is 451 g/mol. The highest BCUT2D eigenvalue weighted by molar-refractivity contribution is 5.92. The Balaban J connectivity index is 0.00000171. The van der Waals surface area contributed by atoms with Crippen molar-refractivity contribution in [3.05, 3.63) is 47.5 Å². The van der Waals surface area contributed by atoms with Crippen LogP contribution in [0.2, 0.25) is 0 Å². The predicted octanol–water partition coefficient (Wildman–Crippen LogP) is 4.38. The molecule has 176 valence electrons. The van der Waals surface area contributed by atoms with Crippen molar-refractivity contribution in [1.29, 1.82) is 0 Å². The lowest BCUT2D eigenvalue weighted by molar-refractivity contribution is -0.130. The quantitative estimate of drug-likeness (QED) is 0.614. The summed E-state index contributed by atoms with van der Waals surface area (Å²) in [5.41, 5.74) is 3.60. The van der Waals surface area contributed by atoms with Crippen molar-refractivity contribution in [1.82, 2.24) is 15.3 Å². The molecule has 7 heteroatoms. The fourth-order valence-electron chi connectivity index (χ4n) is 4.83. The van der Waals surface area contributed by atoms with Crippen LogP contribution in [0.5, 0.6) is 5.75 Å². The van der Waals surface area contributed by atoms with Gasteiger partial charge in [-0.3, -0.25) is 4.79 Å². The van der Waals surface area contributed by atoms with Crippen LogP contribution in [0.3, 0.4) is 0 Å². The number of amides is 1. The summed E-state index contributed by atoms with van der Waals surface area (Å²) in [6, 6.07) is 11.8. The molecule has 2 aliphatic heterocycles. The maximum absolute atomic E-state index is 12.4. The molecule has 1 aromatic heterocycles. The van der Waals surface area contributed by atoms with Gasteiger partial charge in [-0.2, -0.15) is 0 Å². The van der Waals surface area contributed by atoms with Crippen LogP contribution in [0.1, 0.15) is 39.7 Å². The van der Waals surface area contributed by atoms with Crippen LogP contribution in [0.4, 0.5) is 5.82 Å². The van der Waals surface area contributed by atoms with E-state index in [0.717, 1.165) is 66.6 Å². The number of rotatable bonds is 4. The molecule has 7 nitrogen and oxygen atoms in total. The summed E-state index contributed by atoms with van der Waals surface area (Å²) >= 11 is 0. The summed E-state index contributed by atoms with van der Waals surface area (Å²) in [6.45, 7) is 6.26. The first kappa shape index (κ1) is 21.6. The number of nitrogens with zero attached hydrogens (tertiary/aromatic N) is 3. The van der Waals surface area contributed by atoms with Gasteiger partial charge in [-0.05, 0) is 68.9 Å². The molecule has 0 radical (unpaired) electrons. The predicted molar refractivity (Wildman–Crippen MR) is 133 cm³/mol. The van der Waals surface area contributed by atoms with Crippen LogP contribution in [0, 0.1) is 13.8 Å². The van der Waals surface area contributed by atoms with Gasteiger partial charge in [0.25, 0.3) is 0 Å². The fourth-order valence-corrected chi connectivity index (χ4v) is 4.83. The summed E-state index contributed by atoms with van der Waals surface area (Å²) in [5, 5.41) is 14.7. The minimum atomic E-state index is -0.290. The zero-order valence-electron chi connectivity index (χ0n) is 19.2. The van der Waals surface area contributed by atoms with Gasteiger partial charge >= 0.3 is 0 Å². The number of aromatic nitrogens is 2.